The molecule has 0 aromatic rings. The molecule has 0 bridgehead atoms. The van der Waals surface area contributed by atoms with Crippen molar-refractivity contribution in [2.75, 3.05) is 6.54 Å². The average Bonchev–Trinajstić information content (AvgIpc) is 3.67. The van der Waals surface area contributed by atoms with Gasteiger partial charge >= 0.3 is 0 Å². The molecule has 3 aliphatic heterocycles. The highest BCUT2D eigenvalue weighted by Gasteiger charge is 2.53. The highest BCUT2D eigenvalue weighted by atomic mass is 16.6. The lowest BCUT2D eigenvalue weighted by Gasteiger charge is -2.34. The summed E-state index contributed by atoms with van der Waals surface area (Å²) in [7, 11) is 0. The predicted molar refractivity (Wildman–Crippen MR) is 124 cm³/mol. The van der Waals surface area contributed by atoms with Crippen molar-refractivity contribution in [3.05, 3.63) is 0 Å². The van der Waals surface area contributed by atoms with Crippen molar-refractivity contribution in [1.82, 2.24) is 16.0 Å². The minimum atomic E-state index is 0.266. The summed E-state index contributed by atoms with van der Waals surface area (Å²) in [5.41, 5.74) is 6.24. The molecule has 3 saturated heterocycles. The van der Waals surface area contributed by atoms with Gasteiger partial charge in [-0.05, 0) is 63.8 Å². The van der Waals surface area contributed by atoms with Gasteiger partial charge < -0.3 is 20.5 Å². The number of hydrogen-bond donors (Lipinski definition) is 4. The highest BCUT2D eigenvalue weighted by molar-refractivity contribution is 5.05. The molecule has 31 heavy (non-hydrogen) atoms. The van der Waals surface area contributed by atoms with E-state index in [2.05, 4.69) is 29.8 Å². The lowest BCUT2D eigenvalue weighted by molar-refractivity contribution is 0.170. The maximum Gasteiger partial charge on any atom is 0.135 e. The largest absolute Gasteiger partial charge is 0.353 e. The Kier molecular flexibility index (Phi) is 7.23. The van der Waals surface area contributed by atoms with Crippen LogP contribution < -0.4 is 21.7 Å². The van der Waals surface area contributed by atoms with Gasteiger partial charge in [-0.3, -0.25) is 10.6 Å². The number of epoxide rings is 2. The van der Waals surface area contributed by atoms with E-state index in [9.17, 15) is 0 Å². The minimum absolute atomic E-state index is 0.266. The number of fused-ring (bicyclic) bond motifs is 1. The zero-order valence-corrected chi connectivity index (χ0v) is 19.7. The first-order chi connectivity index (χ1) is 15.1. The fourth-order valence-corrected chi connectivity index (χ4v) is 6.89. The fraction of sp³-hybridized carbons (Fsp3) is 1.00. The molecule has 178 valence electrons. The van der Waals surface area contributed by atoms with E-state index in [0.717, 1.165) is 24.8 Å². The van der Waals surface area contributed by atoms with E-state index >= 15 is 0 Å². The number of nitrogens with two attached hydrogens (primary N) is 1. The number of ether oxygens (including phenoxy) is 2. The number of nitrogens with one attached hydrogen (secondary N) is 3. The van der Waals surface area contributed by atoms with Crippen LogP contribution in [-0.2, 0) is 9.47 Å². The summed E-state index contributed by atoms with van der Waals surface area (Å²) in [6.45, 7) is 5.87. The molecule has 11 atom stereocenters. The van der Waals surface area contributed by atoms with E-state index in [4.69, 9.17) is 15.2 Å². The summed E-state index contributed by atoms with van der Waals surface area (Å²) < 4.78 is 11.9. The van der Waals surface area contributed by atoms with Crippen molar-refractivity contribution < 1.29 is 9.47 Å². The summed E-state index contributed by atoms with van der Waals surface area (Å²) in [6, 6.07) is 2.11. The summed E-state index contributed by atoms with van der Waals surface area (Å²) >= 11 is 0. The van der Waals surface area contributed by atoms with Crippen LogP contribution in [0.5, 0.6) is 0 Å². The minimum Gasteiger partial charge on any atom is -0.353 e. The standard InChI is InChI=1S/C25H46N4O2/c1-15-16(2)28-22-17(15)9-8-10-18(22)23-25(31-23)27-14-7-3-4-13-21-24(30-21)29-20-12-6-5-11-19(20)26/h15-25,27-29H,3-14,26H2,1-2H3. The Morgan fingerprint density at radius 2 is 1.74 bits per heavy atom. The molecule has 0 spiro atoms. The molecule has 11 unspecified atom stereocenters. The molecule has 0 aromatic carbocycles. The molecular weight excluding hydrogens is 388 g/mol. The molecule has 5 aliphatic rings. The smallest absolute Gasteiger partial charge is 0.135 e. The van der Waals surface area contributed by atoms with Gasteiger partial charge in [0.1, 0.15) is 18.6 Å². The molecule has 2 aliphatic carbocycles. The average molecular weight is 435 g/mol. The zero-order valence-electron chi connectivity index (χ0n) is 19.7. The molecule has 6 nitrogen and oxygen atoms in total. The number of unbranched alkanes of at least 4 members (excludes halogenated alkanes) is 2. The number of rotatable bonds is 10. The van der Waals surface area contributed by atoms with Crippen LogP contribution in [0.4, 0.5) is 0 Å². The van der Waals surface area contributed by atoms with Crippen molar-refractivity contribution in [1.29, 1.82) is 0 Å². The summed E-state index contributed by atoms with van der Waals surface area (Å²) in [5, 5.41) is 11.2. The van der Waals surface area contributed by atoms with E-state index in [0.29, 0.717) is 48.5 Å². The van der Waals surface area contributed by atoms with Gasteiger partial charge in [-0.1, -0.05) is 39.0 Å². The van der Waals surface area contributed by atoms with Gasteiger partial charge in [-0.15, -0.1) is 0 Å². The summed E-state index contributed by atoms with van der Waals surface area (Å²) in [6.07, 6.45) is 15.4. The second-order valence-corrected chi connectivity index (χ2v) is 11.2. The van der Waals surface area contributed by atoms with Crippen molar-refractivity contribution >= 4 is 0 Å². The molecule has 5 fully saturated rings. The Morgan fingerprint density at radius 3 is 2.61 bits per heavy atom. The molecule has 5 N–H and O–H groups in total. The zero-order chi connectivity index (χ0) is 21.4. The Hall–Kier alpha value is -0.240. The Labute approximate surface area is 189 Å². The van der Waals surface area contributed by atoms with Crippen molar-refractivity contribution in [3.63, 3.8) is 0 Å². The topological polar surface area (TPSA) is 87.2 Å². The second-order valence-electron chi connectivity index (χ2n) is 11.2. The maximum absolute atomic E-state index is 6.24. The second kappa shape index (κ2) is 9.94. The van der Waals surface area contributed by atoms with Crippen LogP contribution in [0.3, 0.4) is 0 Å². The SMILES string of the molecule is CC1NC2C(CCCC2C2OC2NCCCCCC2OC2NC2CCCCC2N)C1C. The quantitative estimate of drug-likeness (QED) is 0.312. The lowest BCUT2D eigenvalue weighted by atomic mass is 9.72. The van der Waals surface area contributed by atoms with E-state index < -0.39 is 0 Å². The van der Waals surface area contributed by atoms with Gasteiger partial charge in [0, 0.05) is 30.1 Å². The van der Waals surface area contributed by atoms with Crippen LogP contribution in [0.25, 0.3) is 0 Å². The third kappa shape index (κ3) is 5.30. The first-order valence-corrected chi connectivity index (χ1v) is 13.4. The monoisotopic (exact) mass is 434 g/mol. The van der Waals surface area contributed by atoms with Gasteiger partial charge in [0.05, 0.1) is 6.10 Å². The van der Waals surface area contributed by atoms with Crippen LogP contribution in [0.15, 0.2) is 0 Å². The van der Waals surface area contributed by atoms with Crippen molar-refractivity contribution in [3.8, 4) is 0 Å². The van der Waals surface area contributed by atoms with Crippen LogP contribution in [0.1, 0.15) is 84.5 Å². The molecule has 0 aromatic heterocycles. The Morgan fingerprint density at radius 1 is 0.903 bits per heavy atom. The Bertz CT molecular complexity index is 592. The van der Waals surface area contributed by atoms with Crippen LogP contribution in [0, 0.1) is 17.8 Å². The van der Waals surface area contributed by atoms with E-state index in [-0.39, 0.29) is 6.23 Å². The molecule has 6 heteroatoms. The van der Waals surface area contributed by atoms with Crippen LogP contribution >= 0.6 is 0 Å². The molecule has 0 radical (unpaired) electrons. The fourth-order valence-electron chi connectivity index (χ4n) is 6.89. The van der Waals surface area contributed by atoms with Gasteiger partial charge in [0.15, 0.2) is 0 Å². The van der Waals surface area contributed by atoms with Crippen LogP contribution in [-0.4, -0.2) is 55.4 Å². The van der Waals surface area contributed by atoms with Crippen molar-refractivity contribution in [2.45, 2.75) is 133 Å². The van der Waals surface area contributed by atoms with E-state index in [1.807, 2.05) is 0 Å². The predicted octanol–water partition coefficient (Wildman–Crippen LogP) is 2.86. The molecule has 0 amide bonds. The van der Waals surface area contributed by atoms with E-state index in [1.165, 1.54) is 64.2 Å². The van der Waals surface area contributed by atoms with Gasteiger partial charge in [-0.2, -0.15) is 0 Å². The van der Waals surface area contributed by atoms with Gasteiger partial charge in [0.25, 0.3) is 0 Å². The van der Waals surface area contributed by atoms with E-state index in [1.54, 1.807) is 0 Å². The maximum atomic E-state index is 6.24. The first-order valence-electron chi connectivity index (χ1n) is 13.4. The molecule has 2 saturated carbocycles. The third-order valence-electron chi connectivity index (χ3n) is 9.16. The summed E-state index contributed by atoms with van der Waals surface area (Å²) in [5.74, 6) is 2.37. The highest BCUT2D eigenvalue weighted by Crippen LogP contribution is 2.45. The van der Waals surface area contributed by atoms with Crippen LogP contribution in [0.2, 0.25) is 0 Å². The first kappa shape index (κ1) is 22.5. The number of hydrogen-bond acceptors (Lipinski definition) is 6. The lowest BCUT2D eigenvalue weighted by Crippen LogP contribution is -2.48. The summed E-state index contributed by atoms with van der Waals surface area (Å²) in [4.78, 5) is 0. The van der Waals surface area contributed by atoms with Gasteiger partial charge in [0.2, 0.25) is 0 Å². The Balaban J connectivity index is 0.914. The molecule has 5 rings (SSSR count). The molecular formula is C25H46N4O2. The normalized spacial score (nSPS) is 49.1. The van der Waals surface area contributed by atoms with Gasteiger partial charge in [-0.25, -0.2) is 0 Å². The molecule has 3 heterocycles. The third-order valence-corrected chi connectivity index (χ3v) is 9.16. The van der Waals surface area contributed by atoms with Crippen molar-refractivity contribution in [2.24, 2.45) is 23.5 Å².